The molecule has 0 saturated heterocycles. The lowest BCUT2D eigenvalue weighted by Crippen LogP contribution is -2.45. The van der Waals surface area contributed by atoms with E-state index in [1.54, 1.807) is 6.07 Å². The number of para-hydroxylation sites is 1. The van der Waals surface area contributed by atoms with E-state index in [0.29, 0.717) is 12.2 Å². The number of amides is 2. The molecule has 7 nitrogen and oxygen atoms in total. The van der Waals surface area contributed by atoms with E-state index < -0.39 is 12.1 Å². The molecule has 0 spiro atoms. The number of hydrogen-bond donors (Lipinski definition) is 3. The second-order valence-corrected chi connectivity index (χ2v) is 7.48. The second kappa shape index (κ2) is 9.78. The Labute approximate surface area is 185 Å². The van der Waals surface area contributed by atoms with Gasteiger partial charge in [0.05, 0.1) is 0 Å². The molecule has 0 unspecified atom stereocenters. The smallest absolute Gasteiger partial charge is 0.408 e. The molecule has 2 amide bonds. The number of ether oxygens (including phenoxy) is 1. The maximum Gasteiger partial charge on any atom is 0.408 e. The van der Waals surface area contributed by atoms with Gasteiger partial charge in [-0.15, -0.1) is 0 Å². The summed E-state index contributed by atoms with van der Waals surface area (Å²) in [5.41, 5.74) is 3.53. The SMILES string of the molecule is Cc1cccc(NC(=O)[C@@H](Cc2c[nH]c3ccccc23)NC(=O)OCc2ccccc2)n1. The molecule has 2 heterocycles. The number of alkyl carbamates (subject to hydrolysis) is 1. The highest BCUT2D eigenvalue weighted by atomic mass is 16.5. The summed E-state index contributed by atoms with van der Waals surface area (Å²) >= 11 is 0. The maximum atomic E-state index is 13.1. The number of aryl methyl sites for hydroxylation is 1. The van der Waals surface area contributed by atoms with Gasteiger partial charge in [0.15, 0.2) is 0 Å². The number of nitrogens with one attached hydrogen (secondary N) is 3. The van der Waals surface area contributed by atoms with Crippen LogP contribution in [0.15, 0.2) is 79.0 Å². The van der Waals surface area contributed by atoms with Gasteiger partial charge >= 0.3 is 6.09 Å². The number of nitrogens with zero attached hydrogens (tertiary/aromatic N) is 1. The summed E-state index contributed by atoms with van der Waals surface area (Å²) in [6, 6.07) is 21.7. The van der Waals surface area contributed by atoms with Gasteiger partial charge in [-0.25, -0.2) is 9.78 Å². The average Bonchev–Trinajstić information content (AvgIpc) is 3.21. The Morgan fingerprint density at radius 3 is 2.59 bits per heavy atom. The van der Waals surface area contributed by atoms with Gasteiger partial charge in [-0.2, -0.15) is 0 Å². The fourth-order valence-corrected chi connectivity index (χ4v) is 3.46. The van der Waals surface area contributed by atoms with Crippen molar-refractivity contribution in [3.63, 3.8) is 0 Å². The molecule has 162 valence electrons. The number of carbonyl (C=O) groups excluding carboxylic acids is 2. The van der Waals surface area contributed by atoms with Crippen LogP contribution in [0, 0.1) is 6.92 Å². The van der Waals surface area contributed by atoms with E-state index in [9.17, 15) is 9.59 Å². The normalized spacial score (nSPS) is 11.7. The lowest BCUT2D eigenvalue weighted by Gasteiger charge is -2.18. The molecule has 7 heteroatoms. The second-order valence-electron chi connectivity index (χ2n) is 7.48. The zero-order valence-corrected chi connectivity index (χ0v) is 17.7. The number of aromatic nitrogens is 2. The molecule has 0 saturated carbocycles. The number of fused-ring (bicyclic) bond motifs is 1. The molecular formula is C25H24N4O3. The molecule has 0 fully saturated rings. The van der Waals surface area contributed by atoms with Crippen LogP contribution in [0.4, 0.5) is 10.6 Å². The minimum Gasteiger partial charge on any atom is -0.445 e. The van der Waals surface area contributed by atoms with Gasteiger partial charge in [-0.1, -0.05) is 54.6 Å². The van der Waals surface area contributed by atoms with Crippen molar-refractivity contribution in [3.8, 4) is 0 Å². The average molecular weight is 428 g/mol. The van der Waals surface area contributed by atoms with Crippen molar-refractivity contribution in [2.45, 2.75) is 26.0 Å². The highest BCUT2D eigenvalue weighted by molar-refractivity contribution is 5.96. The van der Waals surface area contributed by atoms with E-state index in [1.165, 1.54) is 0 Å². The van der Waals surface area contributed by atoms with Crippen LogP contribution in [0.25, 0.3) is 10.9 Å². The molecular weight excluding hydrogens is 404 g/mol. The van der Waals surface area contributed by atoms with Crippen LogP contribution >= 0.6 is 0 Å². The van der Waals surface area contributed by atoms with E-state index in [2.05, 4.69) is 20.6 Å². The van der Waals surface area contributed by atoms with E-state index in [4.69, 9.17) is 4.74 Å². The molecule has 4 aromatic rings. The Morgan fingerprint density at radius 2 is 1.78 bits per heavy atom. The summed E-state index contributed by atoms with van der Waals surface area (Å²) in [5, 5.41) is 6.50. The molecule has 0 aliphatic heterocycles. The first kappa shape index (κ1) is 21.1. The van der Waals surface area contributed by atoms with Crippen LogP contribution in [-0.2, 0) is 22.6 Å². The number of carbonyl (C=O) groups is 2. The van der Waals surface area contributed by atoms with Crippen LogP contribution in [0.5, 0.6) is 0 Å². The van der Waals surface area contributed by atoms with Gasteiger partial charge in [0, 0.05) is 29.2 Å². The molecule has 3 N–H and O–H groups in total. The topological polar surface area (TPSA) is 96.1 Å². The summed E-state index contributed by atoms with van der Waals surface area (Å²) in [6.07, 6.45) is 1.49. The quantitative estimate of drug-likeness (QED) is 0.408. The summed E-state index contributed by atoms with van der Waals surface area (Å²) in [4.78, 5) is 33.1. The summed E-state index contributed by atoms with van der Waals surface area (Å²) in [6.45, 7) is 1.96. The van der Waals surface area contributed by atoms with Crippen molar-refractivity contribution < 1.29 is 14.3 Å². The van der Waals surface area contributed by atoms with Gasteiger partial charge in [0.1, 0.15) is 18.5 Å². The fourth-order valence-electron chi connectivity index (χ4n) is 3.46. The minimum absolute atomic E-state index is 0.119. The first-order chi connectivity index (χ1) is 15.6. The summed E-state index contributed by atoms with van der Waals surface area (Å²) in [7, 11) is 0. The highest BCUT2D eigenvalue weighted by Crippen LogP contribution is 2.19. The third-order valence-electron chi connectivity index (χ3n) is 5.06. The predicted molar refractivity (Wildman–Crippen MR) is 123 cm³/mol. The standard InChI is InChI=1S/C25H24N4O3/c1-17-8-7-13-23(27-17)29-24(30)22(14-19-15-26-21-12-6-5-11-20(19)21)28-25(31)32-16-18-9-3-2-4-10-18/h2-13,15,22,26H,14,16H2,1H3,(H,28,31)(H,27,29,30)/t22-/m1/s1. The number of rotatable bonds is 7. The van der Waals surface area contributed by atoms with Gasteiger partial charge in [-0.3, -0.25) is 4.79 Å². The van der Waals surface area contributed by atoms with E-state index in [0.717, 1.165) is 27.7 Å². The Hall–Kier alpha value is -4.13. The van der Waals surface area contributed by atoms with Crippen molar-refractivity contribution in [1.29, 1.82) is 0 Å². The third-order valence-corrected chi connectivity index (χ3v) is 5.06. The molecule has 1 atom stereocenters. The van der Waals surface area contributed by atoms with E-state index in [-0.39, 0.29) is 12.5 Å². The van der Waals surface area contributed by atoms with Crippen molar-refractivity contribution in [2.75, 3.05) is 5.32 Å². The molecule has 0 radical (unpaired) electrons. The van der Waals surface area contributed by atoms with E-state index in [1.807, 2.05) is 79.9 Å². The lowest BCUT2D eigenvalue weighted by molar-refractivity contribution is -0.118. The summed E-state index contributed by atoms with van der Waals surface area (Å²) in [5.74, 6) is 0.0587. The molecule has 0 bridgehead atoms. The molecule has 0 aliphatic carbocycles. The van der Waals surface area contributed by atoms with Crippen molar-refractivity contribution in [2.24, 2.45) is 0 Å². The number of aromatic amines is 1. The molecule has 32 heavy (non-hydrogen) atoms. The van der Waals surface area contributed by atoms with E-state index >= 15 is 0 Å². The Balaban J connectivity index is 1.50. The predicted octanol–water partition coefficient (Wildman–Crippen LogP) is 4.35. The first-order valence-electron chi connectivity index (χ1n) is 10.4. The van der Waals surface area contributed by atoms with Gasteiger partial charge in [0.2, 0.25) is 5.91 Å². The number of benzene rings is 2. The lowest BCUT2D eigenvalue weighted by atomic mass is 10.0. The molecule has 4 rings (SSSR count). The Morgan fingerprint density at radius 1 is 1.00 bits per heavy atom. The minimum atomic E-state index is -0.847. The van der Waals surface area contributed by atoms with Crippen molar-refractivity contribution in [1.82, 2.24) is 15.3 Å². The Bertz CT molecular complexity index is 1220. The molecule has 2 aromatic carbocycles. The number of hydrogen-bond acceptors (Lipinski definition) is 4. The van der Waals surface area contributed by atoms with Crippen LogP contribution in [0.1, 0.15) is 16.8 Å². The van der Waals surface area contributed by atoms with Crippen molar-refractivity contribution in [3.05, 3.63) is 95.8 Å². The van der Waals surface area contributed by atoms with Gasteiger partial charge < -0.3 is 20.4 Å². The number of anilines is 1. The first-order valence-corrected chi connectivity index (χ1v) is 10.4. The molecule has 2 aromatic heterocycles. The highest BCUT2D eigenvalue weighted by Gasteiger charge is 2.24. The zero-order chi connectivity index (χ0) is 22.3. The largest absolute Gasteiger partial charge is 0.445 e. The number of H-pyrrole nitrogens is 1. The van der Waals surface area contributed by atoms with Crippen LogP contribution < -0.4 is 10.6 Å². The van der Waals surface area contributed by atoms with Crippen LogP contribution in [0.3, 0.4) is 0 Å². The zero-order valence-electron chi connectivity index (χ0n) is 17.7. The summed E-state index contributed by atoms with van der Waals surface area (Å²) < 4.78 is 5.33. The number of pyridine rings is 1. The van der Waals surface area contributed by atoms with Gasteiger partial charge in [0.25, 0.3) is 0 Å². The van der Waals surface area contributed by atoms with Gasteiger partial charge in [-0.05, 0) is 36.2 Å². The Kier molecular flexibility index (Phi) is 6.46. The van der Waals surface area contributed by atoms with Crippen LogP contribution in [0.2, 0.25) is 0 Å². The molecule has 0 aliphatic rings. The fraction of sp³-hybridized carbons (Fsp3) is 0.160. The third kappa shape index (κ3) is 5.31. The van der Waals surface area contributed by atoms with Crippen molar-refractivity contribution >= 4 is 28.7 Å². The van der Waals surface area contributed by atoms with Crippen LogP contribution in [-0.4, -0.2) is 28.0 Å². The monoisotopic (exact) mass is 428 g/mol. The maximum absolute atomic E-state index is 13.1.